The van der Waals surface area contributed by atoms with E-state index in [4.69, 9.17) is 4.42 Å². The van der Waals surface area contributed by atoms with E-state index in [0.29, 0.717) is 25.2 Å². The molecule has 1 saturated heterocycles. The predicted molar refractivity (Wildman–Crippen MR) is 98.6 cm³/mol. The van der Waals surface area contributed by atoms with Crippen LogP contribution in [0.3, 0.4) is 0 Å². The molecule has 0 radical (unpaired) electrons. The molecule has 1 fully saturated rings. The fraction of sp³-hybridized carbons (Fsp3) is 0.400. The van der Waals surface area contributed by atoms with Gasteiger partial charge in [-0.1, -0.05) is 37.3 Å². The van der Waals surface area contributed by atoms with Crippen molar-refractivity contribution in [2.24, 2.45) is 0 Å². The number of carbonyl (C=O) groups excluding carboxylic acids is 2. The lowest BCUT2D eigenvalue weighted by Crippen LogP contribution is -2.51. The molecule has 2 aromatic rings. The van der Waals surface area contributed by atoms with Crippen LogP contribution in [0.25, 0.3) is 0 Å². The maximum Gasteiger partial charge on any atom is 0.257 e. The maximum atomic E-state index is 12.8. The first-order chi connectivity index (χ1) is 12.7. The number of amides is 2. The Morgan fingerprint density at radius 1 is 1.08 bits per heavy atom. The van der Waals surface area contributed by atoms with Gasteiger partial charge in [-0.3, -0.25) is 9.59 Å². The van der Waals surface area contributed by atoms with E-state index in [1.54, 1.807) is 11.0 Å². The first kappa shape index (κ1) is 18.2. The molecule has 1 aliphatic rings. The topological polar surface area (TPSA) is 57.0 Å². The molecule has 0 atom stereocenters. The summed E-state index contributed by atoms with van der Waals surface area (Å²) in [4.78, 5) is 31.3. The van der Waals surface area contributed by atoms with Crippen LogP contribution in [0.15, 0.2) is 53.3 Å². The molecule has 1 aromatic carbocycles. The zero-order valence-electron chi connectivity index (χ0n) is 15.1. The number of furan rings is 1. The van der Waals surface area contributed by atoms with Gasteiger partial charge < -0.3 is 19.1 Å². The highest BCUT2D eigenvalue weighted by Crippen LogP contribution is 2.12. The molecule has 26 heavy (non-hydrogen) atoms. The molecule has 0 N–H and O–H groups in total. The first-order valence-corrected chi connectivity index (χ1v) is 9.03. The van der Waals surface area contributed by atoms with Crippen molar-refractivity contribution in [1.29, 1.82) is 0 Å². The van der Waals surface area contributed by atoms with E-state index in [0.717, 1.165) is 25.2 Å². The van der Waals surface area contributed by atoms with Crippen LogP contribution in [-0.4, -0.2) is 65.8 Å². The standard InChI is InChI=1S/C20H25N3O3/c1-2-21-9-11-22(12-10-21)19(24)15-23(14-17-6-4-3-5-7-17)20(25)18-8-13-26-16-18/h3-8,13,16H,2,9-12,14-15H2,1H3. The van der Waals surface area contributed by atoms with Gasteiger partial charge in [-0.25, -0.2) is 0 Å². The summed E-state index contributed by atoms with van der Waals surface area (Å²) in [6.07, 6.45) is 2.89. The number of hydrogen-bond donors (Lipinski definition) is 0. The van der Waals surface area contributed by atoms with Gasteiger partial charge >= 0.3 is 0 Å². The third kappa shape index (κ3) is 4.52. The second-order valence-electron chi connectivity index (χ2n) is 6.47. The molecule has 0 bridgehead atoms. The normalized spacial score (nSPS) is 15.0. The summed E-state index contributed by atoms with van der Waals surface area (Å²) < 4.78 is 5.03. The van der Waals surface area contributed by atoms with E-state index >= 15 is 0 Å². The van der Waals surface area contributed by atoms with Crippen LogP contribution in [0.2, 0.25) is 0 Å². The third-order valence-electron chi connectivity index (χ3n) is 4.77. The lowest BCUT2D eigenvalue weighted by molar-refractivity contribution is -0.133. The Balaban J connectivity index is 1.69. The molecule has 0 spiro atoms. The Labute approximate surface area is 154 Å². The Hall–Kier alpha value is -2.60. The summed E-state index contributed by atoms with van der Waals surface area (Å²) in [7, 11) is 0. The Kier molecular flexibility index (Phi) is 6.07. The molecular formula is C20H25N3O3. The average molecular weight is 355 g/mol. The quantitative estimate of drug-likeness (QED) is 0.796. The van der Waals surface area contributed by atoms with E-state index in [-0.39, 0.29) is 18.4 Å². The predicted octanol–water partition coefficient (Wildman–Crippen LogP) is 2.09. The number of rotatable bonds is 6. The summed E-state index contributed by atoms with van der Waals surface area (Å²) in [5.74, 6) is -0.198. The number of piperazine rings is 1. The number of nitrogens with zero attached hydrogens (tertiary/aromatic N) is 3. The summed E-state index contributed by atoms with van der Waals surface area (Å²) in [5.41, 5.74) is 1.46. The first-order valence-electron chi connectivity index (χ1n) is 9.03. The molecule has 1 aliphatic heterocycles. The molecule has 0 saturated carbocycles. The number of carbonyl (C=O) groups is 2. The second-order valence-corrected chi connectivity index (χ2v) is 6.47. The Morgan fingerprint density at radius 3 is 2.42 bits per heavy atom. The van der Waals surface area contributed by atoms with Crippen molar-refractivity contribution in [3.63, 3.8) is 0 Å². The van der Waals surface area contributed by atoms with Crippen LogP contribution in [0.4, 0.5) is 0 Å². The monoisotopic (exact) mass is 355 g/mol. The fourth-order valence-electron chi connectivity index (χ4n) is 3.15. The van der Waals surface area contributed by atoms with Crippen LogP contribution in [-0.2, 0) is 11.3 Å². The largest absolute Gasteiger partial charge is 0.472 e. The van der Waals surface area contributed by atoms with Gasteiger partial charge in [0.15, 0.2) is 0 Å². The zero-order chi connectivity index (χ0) is 18.4. The van der Waals surface area contributed by atoms with Crippen molar-refractivity contribution in [2.45, 2.75) is 13.5 Å². The van der Waals surface area contributed by atoms with Gasteiger partial charge in [0.05, 0.1) is 11.8 Å². The minimum atomic E-state index is -0.192. The molecule has 0 aliphatic carbocycles. The molecule has 1 aromatic heterocycles. The smallest absolute Gasteiger partial charge is 0.257 e. The van der Waals surface area contributed by atoms with Crippen LogP contribution in [0.1, 0.15) is 22.8 Å². The number of hydrogen-bond acceptors (Lipinski definition) is 4. The molecule has 2 amide bonds. The van der Waals surface area contributed by atoms with E-state index in [1.807, 2.05) is 35.2 Å². The van der Waals surface area contributed by atoms with Gasteiger partial charge in [0.2, 0.25) is 5.91 Å². The van der Waals surface area contributed by atoms with Gasteiger partial charge in [-0.2, -0.15) is 0 Å². The van der Waals surface area contributed by atoms with Gasteiger partial charge in [0.25, 0.3) is 5.91 Å². The minimum Gasteiger partial charge on any atom is -0.472 e. The van der Waals surface area contributed by atoms with E-state index in [2.05, 4.69) is 11.8 Å². The highest BCUT2D eigenvalue weighted by molar-refractivity contribution is 5.96. The van der Waals surface area contributed by atoms with Crippen molar-refractivity contribution in [1.82, 2.24) is 14.7 Å². The van der Waals surface area contributed by atoms with Crippen LogP contribution in [0.5, 0.6) is 0 Å². The van der Waals surface area contributed by atoms with Crippen LogP contribution >= 0.6 is 0 Å². The van der Waals surface area contributed by atoms with E-state index < -0.39 is 0 Å². The van der Waals surface area contributed by atoms with Crippen molar-refractivity contribution in [3.8, 4) is 0 Å². The van der Waals surface area contributed by atoms with E-state index in [9.17, 15) is 9.59 Å². The summed E-state index contributed by atoms with van der Waals surface area (Å²) in [6, 6.07) is 11.3. The van der Waals surface area contributed by atoms with Crippen molar-refractivity contribution >= 4 is 11.8 Å². The van der Waals surface area contributed by atoms with Crippen LogP contribution in [0, 0.1) is 0 Å². The fourth-order valence-corrected chi connectivity index (χ4v) is 3.15. The maximum absolute atomic E-state index is 12.8. The molecule has 3 rings (SSSR count). The highest BCUT2D eigenvalue weighted by Gasteiger charge is 2.25. The highest BCUT2D eigenvalue weighted by atomic mass is 16.3. The van der Waals surface area contributed by atoms with Gasteiger partial charge in [-0.15, -0.1) is 0 Å². The SMILES string of the molecule is CCN1CCN(C(=O)CN(Cc2ccccc2)C(=O)c2ccoc2)CC1. The van der Waals surface area contributed by atoms with Gasteiger partial charge in [0.1, 0.15) is 12.8 Å². The average Bonchev–Trinajstić information content (AvgIpc) is 3.22. The van der Waals surface area contributed by atoms with Gasteiger partial charge in [0, 0.05) is 32.7 Å². The number of likely N-dealkylation sites (N-methyl/N-ethyl adjacent to an activating group) is 1. The summed E-state index contributed by atoms with van der Waals surface area (Å²) >= 11 is 0. The second kappa shape index (κ2) is 8.67. The molecular weight excluding hydrogens is 330 g/mol. The molecule has 6 nitrogen and oxygen atoms in total. The lowest BCUT2D eigenvalue weighted by atomic mass is 10.2. The Morgan fingerprint density at radius 2 is 1.81 bits per heavy atom. The molecule has 6 heteroatoms. The van der Waals surface area contributed by atoms with E-state index in [1.165, 1.54) is 12.5 Å². The third-order valence-corrected chi connectivity index (χ3v) is 4.77. The number of benzene rings is 1. The molecule has 2 heterocycles. The van der Waals surface area contributed by atoms with Crippen molar-refractivity contribution in [3.05, 3.63) is 60.1 Å². The summed E-state index contributed by atoms with van der Waals surface area (Å²) in [5, 5.41) is 0. The molecule has 0 unspecified atom stereocenters. The van der Waals surface area contributed by atoms with Crippen molar-refractivity contribution < 1.29 is 14.0 Å². The van der Waals surface area contributed by atoms with Gasteiger partial charge in [-0.05, 0) is 18.2 Å². The molecule has 138 valence electrons. The minimum absolute atomic E-state index is 0.00599. The zero-order valence-corrected chi connectivity index (χ0v) is 15.1. The van der Waals surface area contributed by atoms with Crippen LogP contribution < -0.4 is 0 Å². The lowest BCUT2D eigenvalue weighted by Gasteiger charge is -2.35. The summed E-state index contributed by atoms with van der Waals surface area (Å²) in [6.45, 7) is 6.80. The Bertz CT molecular complexity index is 707. The van der Waals surface area contributed by atoms with Crippen molar-refractivity contribution in [2.75, 3.05) is 39.3 Å².